The predicted molar refractivity (Wildman–Crippen MR) is 117 cm³/mol. The van der Waals surface area contributed by atoms with Crippen LogP contribution < -0.4 is 0 Å². The van der Waals surface area contributed by atoms with Gasteiger partial charge in [-0.15, -0.1) is 0 Å². The summed E-state index contributed by atoms with van der Waals surface area (Å²) in [5.41, 5.74) is 3.67. The van der Waals surface area contributed by atoms with Crippen LogP contribution in [0.1, 0.15) is 56.8 Å². The van der Waals surface area contributed by atoms with Crippen molar-refractivity contribution < 1.29 is 31.8 Å². The predicted octanol–water partition coefficient (Wildman–Crippen LogP) is 4.66. The molecule has 0 radical (unpaired) electrons. The molecule has 31 heavy (non-hydrogen) atoms. The minimum absolute atomic E-state index is 0. The minimum Gasteiger partial charge on any atom is -0.465 e. The van der Waals surface area contributed by atoms with Crippen LogP contribution in [0.5, 0.6) is 0 Å². The summed E-state index contributed by atoms with van der Waals surface area (Å²) in [6.07, 6.45) is 3.83. The number of carbonyl (C=O) groups excluding carboxylic acids is 1. The number of hydrogen-bond donors (Lipinski definition) is 2. The fourth-order valence-electron chi connectivity index (χ4n) is 5.60. The largest absolute Gasteiger partial charge is 0.465 e. The van der Waals surface area contributed by atoms with E-state index in [0.717, 1.165) is 44.2 Å². The molecule has 6 nitrogen and oxygen atoms in total. The van der Waals surface area contributed by atoms with Gasteiger partial charge >= 0.3 is 6.09 Å². The quantitative estimate of drug-likeness (QED) is 0.642. The summed E-state index contributed by atoms with van der Waals surface area (Å²) in [7, 11) is 1.60. The molecule has 7 heteroatoms. The van der Waals surface area contributed by atoms with E-state index in [4.69, 9.17) is 0 Å². The van der Waals surface area contributed by atoms with Gasteiger partial charge in [0, 0.05) is 59.7 Å². The maximum atomic E-state index is 13.8. The molecule has 1 aromatic carbocycles. The van der Waals surface area contributed by atoms with Crippen molar-refractivity contribution >= 4 is 22.9 Å². The molecular formula is C24H33FeN3O3. The van der Waals surface area contributed by atoms with Crippen molar-refractivity contribution in [3.63, 3.8) is 0 Å². The van der Waals surface area contributed by atoms with E-state index in [1.165, 1.54) is 21.5 Å². The molecule has 1 fully saturated rings. The number of carbonyl (C=O) groups is 2. The third kappa shape index (κ3) is 4.49. The zero-order chi connectivity index (χ0) is 21.4. The van der Waals surface area contributed by atoms with Gasteiger partial charge in [0.25, 0.3) is 0 Å². The SMILES string of the molecule is CC(C)C1c2[nH]c3ccccc3c2CCN1C(=O)C1CCCCC1CN(C)C(=O)O.[Fe]. The van der Waals surface area contributed by atoms with Crippen molar-refractivity contribution in [1.29, 1.82) is 0 Å². The van der Waals surface area contributed by atoms with Gasteiger partial charge in [0.1, 0.15) is 0 Å². The molecule has 2 amide bonds. The van der Waals surface area contributed by atoms with Crippen molar-refractivity contribution in [3.8, 4) is 0 Å². The Balaban J connectivity index is 0.00000272. The molecule has 2 N–H and O–H groups in total. The number of aromatic nitrogens is 1. The molecule has 2 heterocycles. The van der Waals surface area contributed by atoms with E-state index in [1.807, 2.05) is 6.07 Å². The topological polar surface area (TPSA) is 76.6 Å². The Morgan fingerprint density at radius 3 is 2.65 bits per heavy atom. The Kier molecular flexibility index (Phi) is 7.38. The van der Waals surface area contributed by atoms with E-state index in [-0.39, 0.29) is 40.9 Å². The summed E-state index contributed by atoms with van der Waals surface area (Å²) < 4.78 is 0. The minimum atomic E-state index is -0.924. The van der Waals surface area contributed by atoms with Crippen LogP contribution in [0.25, 0.3) is 10.9 Å². The van der Waals surface area contributed by atoms with Crippen molar-refractivity contribution in [2.24, 2.45) is 17.8 Å². The van der Waals surface area contributed by atoms with E-state index in [9.17, 15) is 14.7 Å². The zero-order valence-corrected chi connectivity index (χ0v) is 19.7. The summed E-state index contributed by atoms with van der Waals surface area (Å²) in [5.74, 6) is 0.517. The fourth-order valence-corrected chi connectivity index (χ4v) is 5.60. The maximum absolute atomic E-state index is 13.8. The van der Waals surface area contributed by atoms with E-state index >= 15 is 0 Å². The standard InChI is InChI=1S/C24H33N3O3.Fe/c1-15(2)22-21-19(18-10-6-7-11-20(18)25-21)12-13-27(22)23(28)17-9-5-4-8-16(17)14-26(3)24(29)30;/h6-7,10-11,15-17,22,25H,4-5,8-9,12-14H2,1-3H3,(H,29,30);. The molecule has 3 unspecified atom stereocenters. The number of aromatic amines is 1. The molecule has 0 spiro atoms. The van der Waals surface area contributed by atoms with Crippen LogP contribution >= 0.6 is 0 Å². The summed E-state index contributed by atoms with van der Waals surface area (Å²) in [6, 6.07) is 8.43. The molecule has 1 aliphatic heterocycles. The van der Waals surface area contributed by atoms with Crippen LogP contribution in [0.15, 0.2) is 24.3 Å². The molecular weight excluding hydrogens is 434 g/mol. The van der Waals surface area contributed by atoms with Crippen LogP contribution in [-0.2, 0) is 28.3 Å². The molecule has 4 rings (SSSR count). The summed E-state index contributed by atoms with van der Waals surface area (Å²) >= 11 is 0. The van der Waals surface area contributed by atoms with Gasteiger partial charge < -0.3 is 19.9 Å². The first-order valence-corrected chi connectivity index (χ1v) is 11.2. The van der Waals surface area contributed by atoms with Crippen molar-refractivity contribution in [1.82, 2.24) is 14.8 Å². The Morgan fingerprint density at radius 2 is 1.94 bits per heavy atom. The van der Waals surface area contributed by atoms with Gasteiger partial charge in [0.2, 0.25) is 5.91 Å². The second-order valence-corrected chi connectivity index (χ2v) is 9.35. The van der Waals surface area contributed by atoms with Crippen LogP contribution in [-0.4, -0.2) is 52.0 Å². The number of nitrogens with one attached hydrogen (secondary N) is 1. The smallest absolute Gasteiger partial charge is 0.407 e. The van der Waals surface area contributed by atoms with Gasteiger partial charge in [0.05, 0.1) is 6.04 Å². The molecule has 170 valence electrons. The number of para-hydroxylation sites is 1. The zero-order valence-electron chi connectivity index (χ0n) is 18.6. The number of rotatable bonds is 4. The van der Waals surface area contributed by atoms with Crippen LogP contribution in [0, 0.1) is 17.8 Å². The molecule has 3 atom stereocenters. The monoisotopic (exact) mass is 467 g/mol. The van der Waals surface area contributed by atoms with E-state index in [2.05, 4.69) is 41.9 Å². The van der Waals surface area contributed by atoms with Gasteiger partial charge in [-0.1, -0.05) is 44.9 Å². The molecule has 1 aliphatic carbocycles. The first kappa shape index (κ1) is 23.7. The normalized spacial score (nSPS) is 23.4. The summed E-state index contributed by atoms with van der Waals surface area (Å²) in [5, 5.41) is 10.6. The van der Waals surface area contributed by atoms with Gasteiger partial charge in [-0.25, -0.2) is 4.79 Å². The third-order valence-corrected chi connectivity index (χ3v) is 7.06. The number of benzene rings is 1. The Hall–Kier alpha value is -1.98. The maximum Gasteiger partial charge on any atom is 0.407 e. The second-order valence-electron chi connectivity index (χ2n) is 9.35. The average molecular weight is 467 g/mol. The summed E-state index contributed by atoms with van der Waals surface area (Å²) in [4.78, 5) is 32.2. The van der Waals surface area contributed by atoms with Crippen LogP contribution in [0.2, 0.25) is 0 Å². The first-order chi connectivity index (χ1) is 14.4. The Bertz CT molecular complexity index is 941. The van der Waals surface area contributed by atoms with Gasteiger partial charge in [-0.3, -0.25) is 4.79 Å². The van der Waals surface area contributed by atoms with Crippen LogP contribution in [0.4, 0.5) is 4.79 Å². The number of H-pyrrole nitrogens is 1. The van der Waals surface area contributed by atoms with Crippen LogP contribution in [0.3, 0.4) is 0 Å². The fraction of sp³-hybridized carbons (Fsp3) is 0.583. The Morgan fingerprint density at radius 1 is 1.23 bits per heavy atom. The van der Waals surface area contributed by atoms with Gasteiger partial charge in [0.15, 0.2) is 0 Å². The second kappa shape index (κ2) is 9.66. The van der Waals surface area contributed by atoms with E-state index in [0.29, 0.717) is 12.5 Å². The molecule has 0 bridgehead atoms. The van der Waals surface area contributed by atoms with Crippen molar-refractivity contribution in [2.75, 3.05) is 20.1 Å². The molecule has 2 aromatic rings. The van der Waals surface area contributed by atoms with Gasteiger partial charge in [-0.05, 0) is 42.7 Å². The molecule has 0 saturated heterocycles. The Labute approximate surface area is 194 Å². The number of amides is 2. The first-order valence-electron chi connectivity index (χ1n) is 11.2. The van der Waals surface area contributed by atoms with Gasteiger partial charge in [-0.2, -0.15) is 0 Å². The molecule has 1 aromatic heterocycles. The van der Waals surface area contributed by atoms with Crippen molar-refractivity contribution in [2.45, 2.75) is 52.0 Å². The average Bonchev–Trinajstić information content (AvgIpc) is 3.11. The summed E-state index contributed by atoms with van der Waals surface area (Å²) in [6.45, 7) is 5.53. The van der Waals surface area contributed by atoms with E-state index in [1.54, 1.807) is 7.05 Å². The molecule has 1 saturated carbocycles. The number of hydrogen-bond acceptors (Lipinski definition) is 2. The van der Waals surface area contributed by atoms with Crippen molar-refractivity contribution in [3.05, 3.63) is 35.5 Å². The van der Waals surface area contributed by atoms with E-state index < -0.39 is 6.09 Å². The number of nitrogens with zero attached hydrogens (tertiary/aromatic N) is 2. The third-order valence-electron chi connectivity index (χ3n) is 7.06. The number of fused-ring (bicyclic) bond motifs is 3. The molecule has 2 aliphatic rings. The number of carboxylic acid groups (broad SMARTS) is 1.